The Morgan fingerprint density at radius 3 is 2.45 bits per heavy atom. The Kier molecular flexibility index (Phi) is 9.48. The lowest BCUT2D eigenvalue weighted by Gasteiger charge is -2.39. The minimum atomic E-state index is -0.603. The molecule has 1 saturated heterocycles. The van der Waals surface area contributed by atoms with Crippen LogP contribution in [0.15, 0.2) is 52.4 Å². The molecular formula is C34H44N4O6. The van der Waals surface area contributed by atoms with E-state index in [4.69, 9.17) is 14.2 Å². The van der Waals surface area contributed by atoms with E-state index in [0.717, 1.165) is 59.3 Å². The van der Waals surface area contributed by atoms with Gasteiger partial charge in [0.25, 0.3) is 5.56 Å². The Morgan fingerprint density at radius 1 is 1.05 bits per heavy atom. The molecule has 236 valence electrons. The van der Waals surface area contributed by atoms with Crippen molar-refractivity contribution in [3.63, 3.8) is 0 Å². The number of ether oxygens (including phenoxy) is 3. The first-order valence-corrected chi connectivity index (χ1v) is 15.5. The van der Waals surface area contributed by atoms with E-state index < -0.39 is 5.60 Å². The van der Waals surface area contributed by atoms with Crippen LogP contribution in [0.25, 0.3) is 10.9 Å². The number of carbonyl (C=O) groups is 1. The summed E-state index contributed by atoms with van der Waals surface area (Å²) in [5.74, 6) is 1.43. The summed E-state index contributed by atoms with van der Waals surface area (Å²) < 4.78 is 19.1. The maximum absolute atomic E-state index is 13.4. The average Bonchev–Trinajstić information content (AvgIpc) is 2.99. The van der Waals surface area contributed by atoms with E-state index >= 15 is 0 Å². The number of piperidine rings is 1. The molecule has 10 heteroatoms. The molecule has 0 spiro atoms. The number of oxime groups is 1. The van der Waals surface area contributed by atoms with E-state index in [1.54, 1.807) is 6.07 Å². The highest BCUT2D eigenvalue weighted by atomic mass is 16.6. The van der Waals surface area contributed by atoms with Crippen LogP contribution < -0.4 is 15.0 Å². The zero-order valence-corrected chi connectivity index (χ0v) is 26.5. The lowest BCUT2D eigenvalue weighted by atomic mass is 9.99. The Hall–Kier alpha value is -4.05. The van der Waals surface area contributed by atoms with Gasteiger partial charge < -0.3 is 33.8 Å². The van der Waals surface area contributed by atoms with Crippen LogP contribution >= 0.6 is 0 Å². The van der Waals surface area contributed by atoms with Crippen molar-refractivity contribution in [1.29, 1.82) is 0 Å². The van der Waals surface area contributed by atoms with E-state index in [0.29, 0.717) is 50.7 Å². The molecule has 2 aliphatic rings. The Labute approximate surface area is 258 Å². The molecule has 3 aromatic rings. The van der Waals surface area contributed by atoms with Crippen molar-refractivity contribution in [3.05, 3.63) is 69.5 Å². The fourth-order valence-corrected chi connectivity index (χ4v) is 6.07. The summed E-state index contributed by atoms with van der Waals surface area (Å²) in [5.41, 5.74) is 3.59. The summed E-state index contributed by atoms with van der Waals surface area (Å²) >= 11 is 0. The van der Waals surface area contributed by atoms with E-state index in [1.807, 2.05) is 80.5 Å². The normalized spacial score (nSPS) is 16.2. The van der Waals surface area contributed by atoms with Crippen LogP contribution in [0.1, 0.15) is 63.6 Å². The van der Waals surface area contributed by atoms with Gasteiger partial charge >= 0.3 is 6.09 Å². The molecule has 0 saturated carbocycles. The molecule has 44 heavy (non-hydrogen) atoms. The van der Waals surface area contributed by atoms with Gasteiger partial charge in [0, 0.05) is 55.8 Å². The Balaban J connectivity index is 1.29. The minimum absolute atomic E-state index is 0.0185. The highest BCUT2D eigenvalue weighted by Crippen LogP contribution is 2.32. The molecule has 1 N–H and O–H groups in total. The number of aryl methyl sites for hydroxylation is 1. The number of nitrogens with zero attached hydrogens (tertiary/aromatic N) is 4. The third kappa shape index (κ3) is 7.18. The van der Waals surface area contributed by atoms with Gasteiger partial charge in [-0.05, 0) is 88.4 Å². The minimum Gasteiger partial charge on any atom is -0.486 e. The van der Waals surface area contributed by atoms with Crippen LogP contribution in [0.4, 0.5) is 4.79 Å². The maximum Gasteiger partial charge on any atom is 0.410 e. The van der Waals surface area contributed by atoms with Crippen LogP contribution in [0.2, 0.25) is 0 Å². The topological polar surface area (TPSA) is 106 Å². The van der Waals surface area contributed by atoms with Crippen LogP contribution in [0.5, 0.6) is 11.5 Å². The molecule has 10 nitrogen and oxygen atoms in total. The standard InChI is InChI=1S/C34H44N4O6/c1-6-28(35-41)27-19-23(2)20-29-26(27)8-10-32(39)37(29)16-15-36-13-11-25(12-14-36)38(33(40)44-34(3,4)5)22-24-7-9-30-31(21-24)43-18-17-42-30/h7-10,19-21,25,41H,6,11-18,22H2,1-5H3/b35-28-. The van der Waals surface area contributed by atoms with Gasteiger partial charge in [-0.25, -0.2) is 4.79 Å². The molecule has 0 bridgehead atoms. The number of hydrogen-bond donors (Lipinski definition) is 1. The van der Waals surface area contributed by atoms with Crippen LogP contribution in [0, 0.1) is 6.92 Å². The predicted octanol–water partition coefficient (Wildman–Crippen LogP) is 5.57. The summed E-state index contributed by atoms with van der Waals surface area (Å²) in [7, 11) is 0. The van der Waals surface area contributed by atoms with Crippen molar-refractivity contribution in [3.8, 4) is 11.5 Å². The quantitative estimate of drug-likeness (QED) is 0.204. The third-order valence-electron chi connectivity index (χ3n) is 8.24. The number of hydrogen-bond acceptors (Lipinski definition) is 8. The van der Waals surface area contributed by atoms with Gasteiger partial charge in [-0.2, -0.15) is 0 Å². The van der Waals surface area contributed by atoms with Crippen LogP contribution in [0.3, 0.4) is 0 Å². The third-order valence-corrected chi connectivity index (χ3v) is 8.24. The summed E-state index contributed by atoms with van der Waals surface area (Å²) in [6.45, 7) is 13.9. The van der Waals surface area contributed by atoms with Gasteiger partial charge in [0.05, 0.1) is 11.2 Å². The lowest BCUT2D eigenvalue weighted by Crippen LogP contribution is -2.49. The number of amides is 1. The highest BCUT2D eigenvalue weighted by molar-refractivity contribution is 6.10. The molecule has 1 fully saturated rings. The first-order valence-electron chi connectivity index (χ1n) is 15.5. The molecule has 0 atom stereocenters. The summed E-state index contributed by atoms with van der Waals surface area (Å²) in [4.78, 5) is 30.6. The van der Waals surface area contributed by atoms with Crippen LogP contribution in [-0.4, -0.2) is 75.9 Å². The number of pyridine rings is 1. The molecular weight excluding hydrogens is 560 g/mol. The molecule has 1 amide bonds. The first kappa shape index (κ1) is 31.4. The van der Waals surface area contributed by atoms with Crippen LogP contribution in [-0.2, 0) is 17.8 Å². The lowest BCUT2D eigenvalue weighted by molar-refractivity contribution is 0.00562. The largest absolute Gasteiger partial charge is 0.486 e. The molecule has 0 aliphatic carbocycles. The van der Waals surface area contributed by atoms with Gasteiger partial charge in [0.15, 0.2) is 11.5 Å². The van der Waals surface area contributed by atoms with Crippen molar-refractivity contribution in [2.24, 2.45) is 5.16 Å². The first-order chi connectivity index (χ1) is 21.1. The number of benzene rings is 2. The summed E-state index contributed by atoms with van der Waals surface area (Å²) in [6.07, 6.45) is 1.85. The van der Waals surface area contributed by atoms with Crippen molar-refractivity contribution < 1.29 is 24.2 Å². The molecule has 2 aliphatic heterocycles. The highest BCUT2D eigenvalue weighted by Gasteiger charge is 2.31. The van der Waals surface area contributed by atoms with E-state index in [1.165, 1.54) is 0 Å². The summed E-state index contributed by atoms with van der Waals surface area (Å²) in [6, 6.07) is 13.3. The molecule has 0 radical (unpaired) electrons. The van der Waals surface area contributed by atoms with Gasteiger partial charge in [-0.1, -0.05) is 18.1 Å². The number of rotatable bonds is 8. The van der Waals surface area contributed by atoms with Crippen molar-refractivity contribution in [2.75, 3.05) is 32.8 Å². The second-order valence-corrected chi connectivity index (χ2v) is 12.6. The monoisotopic (exact) mass is 604 g/mol. The zero-order valence-electron chi connectivity index (χ0n) is 26.5. The van der Waals surface area contributed by atoms with Gasteiger partial charge in [0.1, 0.15) is 18.8 Å². The summed E-state index contributed by atoms with van der Waals surface area (Å²) in [5, 5.41) is 14.0. The maximum atomic E-state index is 13.4. The van der Waals surface area contributed by atoms with E-state index in [2.05, 4.69) is 10.1 Å². The van der Waals surface area contributed by atoms with Crippen molar-refractivity contribution in [1.82, 2.24) is 14.4 Å². The molecule has 3 heterocycles. The molecule has 5 rings (SSSR count). The Bertz CT molecular complexity index is 1580. The van der Waals surface area contributed by atoms with Crippen molar-refractivity contribution >= 4 is 22.7 Å². The number of carbonyl (C=O) groups excluding carboxylic acids is 1. The second kappa shape index (κ2) is 13.3. The van der Waals surface area contributed by atoms with E-state index in [9.17, 15) is 14.8 Å². The Morgan fingerprint density at radius 2 is 1.77 bits per heavy atom. The molecule has 0 unspecified atom stereocenters. The number of likely N-dealkylation sites (tertiary alicyclic amines) is 1. The van der Waals surface area contributed by atoms with Crippen molar-refractivity contribution in [2.45, 2.75) is 78.6 Å². The van der Waals surface area contributed by atoms with E-state index in [-0.39, 0.29) is 17.7 Å². The number of fused-ring (bicyclic) bond motifs is 2. The molecule has 1 aromatic heterocycles. The fourth-order valence-electron chi connectivity index (χ4n) is 6.07. The molecule has 2 aromatic carbocycles. The van der Waals surface area contributed by atoms with Gasteiger partial charge in [0.2, 0.25) is 0 Å². The predicted molar refractivity (Wildman–Crippen MR) is 170 cm³/mol. The van der Waals surface area contributed by atoms with Gasteiger partial charge in [-0.3, -0.25) is 4.79 Å². The second-order valence-electron chi connectivity index (χ2n) is 12.6. The SMILES string of the molecule is CC/C(=N/O)c1cc(C)cc2c1ccc(=O)n2CCN1CCC(N(Cc2ccc3c(c2)OCCO3)C(=O)OC(C)(C)C)CC1. The average molecular weight is 605 g/mol. The fraction of sp³-hybridized carbons (Fsp3) is 0.500. The number of aromatic nitrogens is 1. The smallest absolute Gasteiger partial charge is 0.410 e. The zero-order chi connectivity index (χ0) is 31.4. The van der Waals surface area contributed by atoms with Gasteiger partial charge in [-0.15, -0.1) is 0 Å².